The molecule has 0 radical (unpaired) electrons. The van der Waals surface area contributed by atoms with Crippen molar-refractivity contribution in [1.29, 1.82) is 0 Å². The summed E-state index contributed by atoms with van der Waals surface area (Å²) in [6.45, 7) is 7.33. The summed E-state index contributed by atoms with van der Waals surface area (Å²) in [5, 5.41) is 5.50. The van der Waals surface area contributed by atoms with Crippen molar-refractivity contribution in [3.63, 3.8) is 0 Å². The molecule has 0 saturated carbocycles. The lowest BCUT2D eigenvalue weighted by atomic mass is 9.96. The number of benzene rings is 1. The number of nitrogens with one attached hydrogen (secondary N) is 2. The number of rotatable bonds is 5. The predicted octanol–water partition coefficient (Wildman–Crippen LogP) is 1.85. The van der Waals surface area contributed by atoms with E-state index in [9.17, 15) is 9.59 Å². The molecule has 1 unspecified atom stereocenters. The van der Waals surface area contributed by atoms with Crippen LogP contribution in [-0.4, -0.2) is 56.0 Å². The molecule has 1 atom stereocenters. The maximum absolute atomic E-state index is 12.2. The first-order valence-corrected chi connectivity index (χ1v) is 10.1. The number of hydrogen-bond acceptors (Lipinski definition) is 4. The summed E-state index contributed by atoms with van der Waals surface area (Å²) in [6, 6.07) is 6.76. The molecule has 0 bridgehead atoms. The summed E-state index contributed by atoms with van der Waals surface area (Å²) in [6.07, 6.45) is 4.65. The average molecular weight is 373 g/mol. The van der Waals surface area contributed by atoms with E-state index in [2.05, 4.69) is 45.7 Å². The van der Waals surface area contributed by atoms with Gasteiger partial charge in [-0.05, 0) is 69.8 Å². The number of amides is 2. The second-order valence-corrected chi connectivity index (χ2v) is 8.01. The van der Waals surface area contributed by atoms with Crippen molar-refractivity contribution in [2.75, 3.05) is 38.1 Å². The van der Waals surface area contributed by atoms with Gasteiger partial charge < -0.3 is 15.5 Å². The lowest BCUT2D eigenvalue weighted by molar-refractivity contribution is -0.139. The largest absolute Gasteiger partial charge is 0.374 e. The van der Waals surface area contributed by atoms with Crippen molar-refractivity contribution in [2.24, 2.45) is 0 Å². The molecule has 2 heterocycles. The number of carbonyl (C=O) groups excluding carboxylic acids is 2. The number of likely N-dealkylation sites (tertiary alicyclic amines) is 1. The molecule has 1 saturated heterocycles. The first-order valence-electron chi connectivity index (χ1n) is 10.1. The van der Waals surface area contributed by atoms with Crippen molar-refractivity contribution in [3.05, 3.63) is 29.3 Å². The highest BCUT2D eigenvalue weighted by Crippen LogP contribution is 2.31. The SMILES string of the molecule is CC(C)NC(=O)C(=O)NCC(c1ccc2c(c1)CCCN2C)N1CCCC1. The van der Waals surface area contributed by atoms with Gasteiger partial charge in [-0.3, -0.25) is 14.5 Å². The molecule has 1 aromatic carbocycles. The van der Waals surface area contributed by atoms with Gasteiger partial charge in [0.2, 0.25) is 0 Å². The van der Waals surface area contributed by atoms with Gasteiger partial charge >= 0.3 is 11.8 Å². The van der Waals surface area contributed by atoms with E-state index in [1.807, 2.05) is 13.8 Å². The van der Waals surface area contributed by atoms with E-state index in [0.717, 1.165) is 26.1 Å². The highest BCUT2D eigenvalue weighted by atomic mass is 16.2. The monoisotopic (exact) mass is 372 g/mol. The van der Waals surface area contributed by atoms with Gasteiger partial charge in [0.15, 0.2) is 0 Å². The molecule has 2 aliphatic rings. The van der Waals surface area contributed by atoms with Crippen molar-refractivity contribution >= 4 is 17.5 Å². The number of carbonyl (C=O) groups is 2. The Hall–Kier alpha value is -2.08. The third-order valence-electron chi connectivity index (χ3n) is 5.50. The molecule has 0 aromatic heterocycles. The Bertz CT molecular complexity index is 683. The van der Waals surface area contributed by atoms with Crippen LogP contribution < -0.4 is 15.5 Å². The molecule has 27 heavy (non-hydrogen) atoms. The Kier molecular flexibility index (Phi) is 6.37. The van der Waals surface area contributed by atoms with E-state index >= 15 is 0 Å². The smallest absolute Gasteiger partial charge is 0.309 e. The molecule has 148 valence electrons. The number of hydrogen-bond donors (Lipinski definition) is 2. The van der Waals surface area contributed by atoms with Crippen LogP contribution in [0.5, 0.6) is 0 Å². The van der Waals surface area contributed by atoms with Crippen LogP contribution in [0.15, 0.2) is 18.2 Å². The van der Waals surface area contributed by atoms with Crippen LogP contribution in [0, 0.1) is 0 Å². The minimum absolute atomic E-state index is 0.0461. The minimum Gasteiger partial charge on any atom is -0.374 e. The van der Waals surface area contributed by atoms with Gasteiger partial charge in [0.05, 0.1) is 6.04 Å². The molecule has 1 fully saturated rings. The van der Waals surface area contributed by atoms with E-state index in [1.165, 1.54) is 36.1 Å². The van der Waals surface area contributed by atoms with Gasteiger partial charge in [0.1, 0.15) is 0 Å². The molecular formula is C21H32N4O2. The highest BCUT2D eigenvalue weighted by Gasteiger charge is 2.26. The third-order valence-corrected chi connectivity index (χ3v) is 5.50. The summed E-state index contributed by atoms with van der Waals surface area (Å²) in [4.78, 5) is 28.8. The topological polar surface area (TPSA) is 64.7 Å². The van der Waals surface area contributed by atoms with Gasteiger partial charge in [0.25, 0.3) is 0 Å². The Morgan fingerprint density at radius 2 is 1.81 bits per heavy atom. The molecule has 2 amide bonds. The fourth-order valence-corrected chi connectivity index (χ4v) is 4.12. The van der Waals surface area contributed by atoms with Crippen LogP contribution in [-0.2, 0) is 16.0 Å². The van der Waals surface area contributed by atoms with Crippen molar-refractivity contribution < 1.29 is 9.59 Å². The molecule has 0 aliphatic carbocycles. The van der Waals surface area contributed by atoms with Crippen molar-refractivity contribution in [2.45, 2.75) is 51.6 Å². The Labute approximate surface area is 162 Å². The fourth-order valence-electron chi connectivity index (χ4n) is 4.12. The molecule has 2 N–H and O–H groups in total. The summed E-state index contributed by atoms with van der Waals surface area (Å²) in [5.74, 6) is -1.11. The Morgan fingerprint density at radius 3 is 2.52 bits per heavy atom. The Balaban J connectivity index is 1.74. The first-order chi connectivity index (χ1) is 13.0. The van der Waals surface area contributed by atoms with E-state index in [1.54, 1.807) is 0 Å². The quantitative estimate of drug-likeness (QED) is 0.774. The van der Waals surface area contributed by atoms with E-state index in [0.29, 0.717) is 6.54 Å². The van der Waals surface area contributed by atoms with Crippen LogP contribution in [0.2, 0.25) is 0 Å². The zero-order chi connectivity index (χ0) is 19.4. The second-order valence-electron chi connectivity index (χ2n) is 8.01. The standard InChI is InChI=1S/C21H32N4O2/c1-15(2)23-21(27)20(26)22-14-19(25-11-4-5-12-25)17-8-9-18-16(13-17)7-6-10-24(18)3/h8-9,13,15,19H,4-7,10-12,14H2,1-3H3,(H,22,26)(H,23,27). The molecule has 6 nitrogen and oxygen atoms in total. The third kappa shape index (κ3) is 4.80. The van der Waals surface area contributed by atoms with Crippen LogP contribution in [0.25, 0.3) is 0 Å². The van der Waals surface area contributed by atoms with Crippen LogP contribution in [0.4, 0.5) is 5.69 Å². The van der Waals surface area contributed by atoms with E-state index < -0.39 is 11.8 Å². The van der Waals surface area contributed by atoms with Gasteiger partial charge in [-0.15, -0.1) is 0 Å². The van der Waals surface area contributed by atoms with Gasteiger partial charge in [-0.25, -0.2) is 0 Å². The van der Waals surface area contributed by atoms with Crippen molar-refractivity contribution in [1.82, 2.24) is 15.5 Å². The second kappa shape index (κ2) is 8.74. The summed E-state index contributed by atoms with van der Waals surface area (Å²) in [5.41, 5.74) is 3.93. The van der Waals surface area contributed by atoms with E-state index in [4.69, 9.17) is 0 Å². The average Bonchev–Trinajstić information content (AvgIpc) is 3.15. The summed E-state index contributed by atoms with van der Waals surface area (Å²) >= 11 is 0. The zero-order valence-electron chi connectivity index (χ0n) is 16.8. The number of fused-ring (bicyclic) bond motifs is 1. The molecule has 6 heteroatoms. The fraction of sp³-hybridized carbons (Fsp3) is 0.619. The molecule has 2 aliphatic heterocycles. The van der Waals surface area contributed by atoms with Crippen molar-refractivity contribution in [3.8, 4) is 0 Å². The molecule has 1 aromatic rings. The number of aryl methyl sites for hydroxylation is 1. The number of anilines is 1. The van der Waals surface area contributed by atoms with Gasteiger partial charge in [-0.1, -0.05) is 12.1 Å². The highest BCUT2D eigenvalue weighted by molar-refractivity contribution is 6.35. The van der Waals surface area contributed by atoms with Crippen LogP contribution >= 0.6 is 0 Å². The van der Waals surface area contributed by atoms with Gasteiger partial charge in [0, 0.05) is 31.9 Å². The van der Waals surface area contributed by atoms with Gasteiger partial charge in [-0.2, -0.15) is 0 Å². The normalized spacial score (nSPS) is 18.3. The Morgan fingerprint density at radius 1 is 1.07 bits per heavy atom. The number of nitrogens with zero attached hydrogens (tertiary/aromatic N) is 2. The maximum Gasteiger partial charge on any atom is 0.309 e. The maximum atomic E-state index is 12.2. The molecule has 3 rings (SSSR count). The van der Waals surface area contributed by atoms with E-state index in [-0.39, 0.29) is 12.1 Å². The van der Waals surface area contributed by atoms with Crippen LogP contribution in [0.1, 0.15) is 50.3 Å². The molecule has 0 spiro atoms. The molecular weight excluding hydrogens is 340 g/mol. The summed E-state index contributed by atoms with van der Waals surface area (Å²) in [7, 11) is 2.14. The predicted molar refractivity (Wildman–Crippen MR) is 108 cm³/mol. The lowest BCUT2D eigenvalue weighted by Crippen LogP contribution is -2.45. The van der Waals surface area contributed by atoms with Crippen LogP contribution in [0.3, 0.4) is 0 Å². The summed E-state index contributed by atoms with van der Waals surface area (Å²) < 4.78 is 0. The lowest BCUT2D eigenvalue weighted by Gasteiger charge is -2.31. The first kappa shape index (κ1) is 19.7. The zero-order valence-corrected chi connectivity index (χ0v) is 16.8. The minimum atomic E-state index is -0.558.